The number of anilines is 1. The second kappa shape index (κ2) is 10.1. The quantitative estimate of drug-likeness (QED) is 0.400. The summed E-state index contributed by atoms with van der Waals surface area (Å²) >= 11 is 0. The van der Waals surface area contributed by atoms with Crippen LogP contribution in [-0.2, 0) is 24.4 Å². The normalized spacial score (nSPS) is 11.0. The van der Waals surface area contributed by atoms with Crippen LogP contribution >= 0.6 is 0 Å². The third-order valence-electron chi connectivity index (χ3n) is 5.67. The van der Waals surface area contributed by atoms with E-state index in [0.29, 0.717) is 31.0 Å². The van der Waals surface area contributed by atoms with E-state index in [1.165, 1.54) is 0 Å². The molecule has 0 aliphatic heterocycles. The van der Waals surface area contributed by atoms with E-state index in [-0.39, 0.29) is 12.5 Å². The van der Waals surface area contributed by atoms with Gasteiger partial charge in [0, 0.05) is 12.2 Å². The first-order valence-electron chi connectivity index (χ1n) is 10.8. The van der Waals surface area contributed by atoms with Gasteiger partial charge in [-0.3, -0.25) is 9.69 Å². The van der Waals surface area contributed by atoms with Crippen molar-refractivity contribution < 1.29 is 13.6 Å². The van der Waals surface area contributed by atoms with E-state index in [0.717, 1.165) is 28.3 Å². The van der Waals surface area contributed by atoms with Crippen LogP contribution in [0.4, 0.5) is 5.82 Å². The molecule has 0 spiro atoms. The molecule has 3 heterocycles. The Balaban J connectivity index is 1.56. The summed E-state index contributed by atoms with van der Waals surface area (Å²) in [6, 6.07) is 19.6. The van der Waals surface area contributed by atoms with E-state index < -0.39 is 0 Å². The standard InChI is InChI=1S/C26H26N4O3/c1-19-20(2)30(15-21-8-4-3-5-9-21)26(24(19)14-27)28-25(31)18-29(16-22-10-6-12-32-22)17-23-11-7-13-33-23/h3-13H,15-18H2,1-2H3,(H,28,31). The van der Waals surface area contributed by atoms with Gasteiger partial charge in [0.15, 0.2) is 0 Å². The van der Waals surface area contributed by atoms with Gasteiger partial charge < -0.3 is 18.7 Å². The number of carbonyl (C=O) groups is 1. The summed E-state index contributed by atoms with van der Waals surface area (Å²) in [6.45, 7) is 5.46. The Labute approximate surface area is 192 Å². The predicted molar refractivity (Wildman–Crippen MR) is 124 cm³/mol. The Morgan fingerprint density at radius 1 is 1.00 bits per heavy atom. The maximum atomic E-state index is 13.1. The zero-order valence-corrected chi connectivity index (χ0v) is 18.7. The molecule has 1 aromatic carbocycles. The lowest BCUT2D eigenvalue weighted by Crippen LogP contribution is -2.33. The minimum atomic E-state index is -0.212. The number of hydrogen-bond donors (Lipinski definition) is 1. The van der Waals surface area contributed by atoms with Gasteiger partial charge in [0.1, 0.15) is 23.4 Å². The fourth-order valence-electron chi connectivity index (χ4n) is 3.88. The lowest BCUT2D eigenvalue weighted by Gasteiger charge is -2.20. The minimum absolute atomic E-state index is 0.112. The van der Waals surface area contributed by atoms with Gasteiger partial charge in [0.2, 0.25) is 5.91 Å². The van der Waals surface area contributed by atoms with Gasteiger partial charge >= 0.3 is 0 Å². The van der Waals surface area contributed by atoms with Crippen LogP contribution in [0.1, 0.15) is 33.9 Å². The molecule has 7 heteroatoms. The van der Waals surface area contributed by atoms with Crippen molar-refractivity contribution >= 4 is 11.7 Å². The molecule has 0 radical (unpaired) electrons. The highest BCUT2D eigenvalue weighted by molar-refractivity contribution is 5.93. The Morgan fingerprint density at radius 3 is 2.18 bits per heavy atom. The lowest BCUT2D eigenvalue weighted by molar-refractivity contribution is -0.117. The monoisotopic (exact) mass is 442 g/mol. The zero-order chi connectivity index (χ0) is 23.2. The highest BCUT2D eigenvalue weighted by Gasteiger charge is 2.21. The summed E-state index contributed by atoms with van der Waals surface area (Å²) in [6.07, 6.45) is 3.23. The molecule has 0 saturated carbocycles. The van der Waals surface area contributed by atoms with Crippen LogP contribution in [0.5, 0.6) is 0 Å². The Morgan fingerprint density at radius 2 is 1.64 bits per heavy atom. The third-order valence-corrected chi connectivity index (χ3v) is 5.67. The van der Waals surface area contributed by atoms with Gasteiger partial charge in [-0.1, -0.05) is 30.3 Å². The highest BCUT2D eigenvalue weighted by Crippen LogP contribution is 2.27. The van der Waals surface area contributed by atoms with Crippen molar-refractivity contribution in [3.05, 3.63) is 101 Å². The number of amides is 1. The topological polar surface area (TPSA) is 87.3 Å². The fourth-order valence-corrected chi connectivity index (χ4v) is 3.88. The smallest absolute Gasteiger partial charge is 0.239 e. The van der Waals surface area contributed by atoms with Crippen LogP contribution < -0.4 is 5.32 Å². The lowest BCUT2D eigenvalue weighted by atomic mass is 10.2. The van der Waals surface area contributed by atoms with Gasteiger partial charge in [0.25, 0.3) is 0 Å². The minimum Gasteiger partial charge on any atom is -0.468 e. The van der Waals surface area contributed by atoms with Gasteiger partial charge in [-0.2, -0.15) is 5.26 Å². The summed E-state index contributed by atoms with van der Waals surface area (Å²) in [4.78, 5) is 15.1. The zero-order valence-electron chi connectivity index (χ0n) is 18.7. The molecule has 4 rings (SSSR count). The molecule has 0 bridgehead atoms. The number of furan rings is 2. The number of benzene rings is 1. The fraction of sp³-hybridized carbons (Fsp3) is 0.231. The Bertz CT molecular complexity index is 1200. The molecule has 0 fully saturated rings. The van der Waals surface area contributed by atoms with Crippen LogP contribution in [0.25, 0.3) is 0 Å². The number of nitriles is 1. The molecule has 0 unspecified atom stereocenters. The molecule has 4 aromatic rings. The van der Waals surface area contributed by atoms with Crippen molar-refractivity contribution in [1.29, 1.82) is 5.26 Å². The van der Waals surface area contributed by atoms with Crippen LogP contribution in [0, 0.1) is 25.2 Å². The molecule has 1 amide bonds. The molecule has 0 aliphatic carbocycles. The number of nitrogens with zero attached hydrogens (tertiary/aromatic N) is 3. The third kappa shape index (κ3) is 5.25. The maximum Gasteiger partial charge on any atom is 0.239 e. The van der Waals surface area contributed by atoms with Crippen LogP contribution in [0.2, 0.25) is 0 Å². The van der Waals surface area contributed by atoms with E-state index in [1.54, 1.807) is 12.5 Å². The maximum absolute atomic E-state index is 13.1. The van der Waals surface area contributed by atoms with Crippen molar-refractivity contribution in [2.24, 2.45) is 0 Å². The molecule has 3 aromatic heterocycles. The summed E-state index contributed by atoms with van der Waals surface area (Å²) in [5.41, 5.74) is 3.40. The number of aromatic nitrogens is 1. The number of carbonyl (C=O) groups excluding carboxylic acids is 1. The SMILES string of the molecule is Cc1c(C#N)c(NC(=O)CN(Cc2ccco2)Cc2ccco2)n(Cc2ccccc2)c1C. The predicted octanol–water partition coefficient (Wildman–Crippen LogP) is 4.85. The molecule has 0 atom stereocenters. The first-order chi connectivity index (χ1) is 16.0. The number of hydrogen-bond acceptors (Lipinski definition) is 5. The molecular weight excluding hydrogens is 416 g/mol. The number of nitrogens with one attached hydrogen (secondary N) is 1. The molecular formula is C26H26N4O3. The van der Waals surface area contributed by atoms with Crippen molar-refractivity contribution in [2.75, 3.05) is 11.9 Å². The van der Waals surface area contributed by atoms with E-state index in [9.17, 15) is 10.1 Å². The average molecular weight is 443 g/mol. The average Bonchev–Trinajstić information content (AvgIpc) is 3.55. The summed E-state index contributed by atoms with van der Waals surface area (Å²) < 4.78 is 12.9. The second-order valence-electron chi connectivity index (χ2n) is 7.97. The molecule has 0 saturated heterocycles. The summed E-state index contributed by atoms with van der Waals surface area (Å²) in [5, 5.41) is 12.8. The first-order valence-corrected chi connectivity index (χ1v) is 10.8. The van der Waals surface area contributed by atoms with Crippen molar-refractivity contribution in [1.82, 2.24) is 9.47 Å². The first kappa shape index (κ1) is 22.2. The van der Waals surface area contributed by atoms with E-state index >= 15 is 0 Å². The number of rotatable bonds is 9. The van der Waals surface area contributed by atoms with Crippen LogP contribution in [0.3, 0.4) is 0 Å². The highest BCUT2D eigenvalue weighted by atomic mass is 16.3. The molecule has 1 N–H and O–H groups in total. The van der Waals surface area contributed by atoms with Gasteiger partial charge in [0.05, 0.1) is 37.7 Å². The van der Waals surface area contributed by atoms with Gasteiger partial charge in [-0.15, -0.1) is 0 Å². The summed E-state index contributed by atoms with van der Waals surface area (Å²) in [7, 11) is 0. The Hall–Kier alpha value is -4.02. The Kier molecular flexibility index (Phi) is 6.77. The van der Waals surface area contributed by atoms with Crippen molar-refractivity contribution in [3.8, 4) is 6.07 Å². The second-order valence-corrected chi connectivity index (χ2v) is 7.97. The van der Waals surface area contributed by atoms with Crippen LogP contribution in [0.15, 0.2) is 76.0 Å². The van der Waals surface area contributed by atoms with Crippen molar-refractivity contribution in [2.45, 2.75) is 33.5 Å². The molecule has 0 aliphatic rings. The van der Waals surface area contributed by atoms with E-state index in [1.807, 2.05) is 77.9 Å². The molecule has 7 nitrogen and oxygen atoms in total. The van der Waals surface area contributed by atoms with Gasteiger partial charge in [-0.05, 0) is 49.2 Å². The van der Waals surface area contributed by atoms with E-state index in [4.69, 9.17) is 8.83 Å². The van der Waals surface area contributed by atoms with Crippen LogP contribution in [-0.4, -0.2) is 21.9 Å². The van der Waals surface area contributed by atoms with Gasteiger partial charge in [-0.25, -0.2) is 0 Å². The van der Waals surface area contributed by atoms with E-state index in [2.05, 4.69) is 11.4 Å². The largest absolute Gasteiger partial charge is 0.468 e. The summed E-state index contributed by atoms with van der Waals surface area (Å²) in [5.74, 6) is 1.83. The van der Waals surface area contributed by atoms with Crippen molar-refractivity contribution in [3.63, 3.8) is 0 Å². The molecule has 33 heavy (non-hydrogen) atoms. The molecule has 168 valence electrons.